The number of rotatable bonds is 6. The van der Waals surface area contributed by atoms with Crippen molar-refractivity contribution in [3.8, 4) is 62.1 Å². The maximum absolute atomic E-state index is 6.35. The molecule has 8 aromatic carbocycles. The van der Waals surface area contributed by atoms with Crippen molar-refractivity contribution in [1.29, 1.82) is 0 Å². The number of nitrogens with zero attached hydrogens (tertiary/aromatic N) is 4. The number of fused-ring (bicyclic) bond motifs is 6. The second-order valence-electron chi connectivity index (χ2n) is 14.5. The molecule has 0 atom stereocenters. The van der Waals surface area contributed by atoms with E-state index in [0.717, 1.165) is 66.5 Å². The lowest BCUT2D eigenvalue weighted by Gasteiger charge is -2.16. The summed E-state index contributed by atoms with van der Waals surface area (Å²) in [7, 11) is 0. The van der Waals surface area contributed by atoms with Gasteiger partial charge in [0.15, 0.2) is 17.5 Å². The molecule has 0 unspecified atom stereocenters. The molecule has 3 heterocycles. The quantitative estimate of drug-likeness (QED) is 0.171. The third-order valence-corrected chi connectivity index (χ3v) is 10.9. The van der Waals surface area contributed by atoms with Crippen molar-refractivity contribution < 1.29 is 4.42 Å². The molecule has 268 valence electrons. The summed E-state index contributed by atoms with van der Waals surface area (Å²) < 4.78 is 8.71. The third-order valence-electron chi connectivity index (χ3n) is 10.9. The van der Waals surface area contributed by atoms with E-state index >= 15 is 0 Å². The first-order chi connectivity index (χ1) is 28.1. The number of aryl methyl sites for hydroxylation is 1. The molecule has 0 N–H and O–H groups in total. The van der Waals surface area contributed by atoms with Crippen molar-refractivity contribution in [2.75, 3.05) is 0 Å². The van der Waals surface area contributed by atoms with Gasteiger partial charge in [0.1, 0.15) is 11.2 Å². The van der Waals surface area contributed by atoms with E-state index in [9.17, 15) is 0 Å². The van der Waals surface area contributed by atoms with Crippen LogP contribution in [0.15, 0.2) is 192 Å². The van der Waals surface area contributed by atoms with Crippen LogP contribution in [-0.2, 0) is 0 Å². The Labute approximate surface area is 329 Å². The van der Waals surface area contributed by atoms with Crippen LogP contribution in [0.3, 0.4) is 0 Å². The van der Waals surface area contributed by atoms with E-state index in [1.807, 2.05) is 72.8 Å². The van der Waals surface area contributed by atoms with Gasteiger partial charge < -0.3 is 8.98 Å². The fourth-order valence-corrected chi connectivity index (χ4v) is 8.16. The Morgan fingerprint density at radius 1 is 0.368 bits per heavy atom. The van der Waals surface area contributed by atoms with E-state index in [-0.39, 0.29) is 0 Å². The van der Waals surface area contributed by atoms with Gasteiger partial charge in [-0.2, -0.15) is 0 Å². The van der Waals surface area contributed by atoms with Gasteiger partial charge >= 0.3 is 0 Å². The normalized spacial score (nSPS) is 11.6. The van der Waals surface area contributed by atoms with Gasteiger partial charge in [-0.3, -0.25) is 0 Å². The summed E-state index contributed by atoms with van der Waals surface area (Å²) >= 11 is 0. The molecule has 0 saturated carbocycles. The Balaban J connectivity index is 1.18. The number of furan rings is 1. The Bertz CT molecular complexity index is 3250. The highest BCUT2D eigenvalue weighted by atomic mass is 16.3. The molecule has 0 saturated heterocycles. The van der Waals surface area contributed by atoms with Crippen LogP contribution >= 0.6 is 0 Å². The average Bonchev–Trinajstić information content (AvgIpc) is 3.81. The zero-order chi connectivity index (χ0) is 37.9. The minimum Gasteiger partial charge on any atom is -0.456 e. The predicted octanol–water partition coefficient (Wildman–Crippen LogP) is 13.5. The molecule has 11 aromatic rings. The molecule has 0 aliphatic heterocycles. The molecule has 0 bridgehead atoms. The number of hydrogen-bond donors (Lipinski definition) is 0. The van der Waals surface area contributed by atoms with Crippen molar-refractivity contribution in [1.82, 2.24) is 19.5 Å². The molecular weight excluding hydrogens is 697 g/mol. The van der Waals surface area contributed by atoms with E-state index in [0.29, 0.717) is 17.5 Å². The van der Waals surface area contributed by atoms with E-state index < -0.39 is 0 Å². The van der Waals surface area contributed by atoms with Crippen molar-refractivity contribution in [3.63, 3.8) is 0 Å². The second-order valence-corrected chi connectivity index (χ2v) is 14.5. The summed E-state index contributed by atoms with van der Waals surface area (Å²) in [6.45, 7) is 2.14. The van der Waals surface area contributed by atoms with Gasteiger partial charge in [-0.15, -0.1) is 0 Å². The maximum atomic E-state index is 6.35. The minimum atomic E-state index is 0.590. The van der Waals surface area contributed by atoms with E-state index in [1.165, 1.54) is 27.5 Å². The molecule has 0 amide bonds. The van der Waals surface area contributed by atoms with E-state index in [1.54, 1.807) is 0 Å². The predicted molar refractivity (Wildman–Crippen MR) is 233 cm³/mol. The Morgan fingerprint density at radius 3 is 1.70 bits per heavy atom. The number of aromatic nitrogens is 4. The van der Waals surface area contributed by atoms with Crippen molar-refractivity contribution >= 4 is 43.7 Å². The monoisotopic (exact) mass is 730 g/mol. The molecule has 0 spiro atoms. The lowest BCUT2D eigenvalue weighted by atomic mass is 9.99. The van der Waals surface area contributed by atoms with Crippen molar-refractivity contribution in [3.05, 3.63) is 194 Å². The Kier molecular flexibility index (Phi) is 7.64. The maximum Gasteiger partial charge on any atom is 0.166 e. The molecule has 0 radical (unpaired) electrons. The molecule has 0 aliphatic carbocycles. The lowest BCUT2D eigenvalue weighted by Crippen LogP contribution is -2.04. The summed E-state index contributed by atoms with van der Waals surface area (Å²) in [4.78, 5) is 15.5. The first-order valence-electron chi connectivity index (χ1n) is 19.2. The fourth-order valence-electron chi connectivity index (χ4n) is 8.16. The summed E-state index contributed by atoms with van der Waals surface area (Å²) in [5.74, 6) is 1.82. The van der Waals surface area contributed by atoms with Crippen LogP contribution in [0.2, 0.25) is 0 Å². The molecule has 0 fully saturated rings. The molecular formula is C52H34N4O. The zero-order valence-electron chi connectivity index (χ0n) is 31.1. The summed E-state index contributed by atoms with van der Waals surface area (Å²) in [5.41, 5.74) is 13.3. The highest BCUT2D eigenvalue weighted by molar-refractivity contribution is 6.11. The van der Waals surface area contributed by atoms with E-state index in [2.05, 4.69) is 127 Å². The van der Waals surface area contributed by atoms with Gasteiger partial charge in [-0.25, -0.2) is 15.0 Å². The summed E-state index contributed by atoms with van der Waals surface area (Å²) in [6.07, 6.45) is 0. The zero-order valence-corrected chi connectivity index (χ0v) is 31.1. The third kappa shape index (κ3) is 5.68. The SMILES string of the molecule is Cc1cccc(-c2ccc3c(c2)c2ccccc2n3-c2ccc(-c3ccc4c(c3)oc3ccccc34)cc2-c2nc(-c3ccccc3)nc(-c3ccccc3)n2)c1. The molecule has 11 rings (SSSR count). The smallest absolute Gasteiger partial charge is 0.166 e. The standard InChI is InChI=1S/C52H34N4O/c1-33-13-12-18-36(29-33)37-24-27-46-43(30-37)40-19-8-10-21-45(40)56(46)47-28-25-38(39-23-26-42-41-20-9-11-22-48(41)57-49(42)32-39)31-44(47)52-54-50(34-14-4-2-5-15-34)53-51(55-52)35-16-6-3-7-17-35/h2-32H,1H3. The Morgan fingerprint density at radius 2 is 0.930 bits per heavy atom. The van der Waals surface area contributed by atoms with Crippen molar-refractivity contribution in [2.45, 2.75) is 6.92 Å². The van der Waals surface area contributed by atoms with Gasteiger partial charge in [0.2, 0.25) is 0 Å². The van der Waals surface area contributed by atoms with E-state index in [4.69, 9.17) is 19.4 Å². The van der Waals surface area contributed by atoms with Crippen LogP contribution in [0, 0.1) is 6.92 Å². The lowest BCUT2D eigenvalue weighted by molar-refractivity contribution is 0.669. The van der Waals surface area contributed by atoms with Gasteiger partial charge in [0.25, 0.3) is 0 Å². The topological polar surface area (TPSA) is 56.7 Å². The molecule has 57 heavy (non-hydrogen) atoms. The molecule has 0 aliphatic rings. The van der Waals surface area contributed by atoms with Crippen LogP contribution in [0.25, 0.3) is 106 Å². The fraction of sp³-hybridized carbons (Fsp3) is 0.0192. The highest BCUT2D eigenvalue weighted by Crippen LogP contribution is 2.40. The number of hydrogen-bond acceptors (Lipinski definition) is 4. The Hall–Kier alpha value is -7.63. The van der Waals surface area contributed by atoms with Gasteiger partial charge in [0.05, 0.1) is 16.7 Å². The van der Waals surface area contributed by atoms with Crippen LogP contribution < -0.4 is 0 Å². The molecule has 5 heteroatoms. The first kappa shape index (κ1) is 32.8. The summed E-state index contributed by atoms with van der Waals surface area (Å²) in [5, 5.41) is 4.57. The molecule has 5 nitrogen and oxygen atoms in total. The van der Waals surface area contributed by atoms with Crippen LogP contribution in [0.5, 0.6) is 0 Å². The number of para-hydroxylation sites is 2. The first-order valence-corrected chi connectivity index (χ1v) is 19.2. The second kappa shape index (κ2) is 13.3. The molecule has 3 aromatic heterocycles. The van der Waals surface area contributed by atoms with Gasteiger partial charge in [-0.05, 0) is 77.7 Å². The minimum absolute atomic E-state index is 0.590. The van der Waals surface area contributed by atoms with Crippen molar-refractivity contribution in [2.24, 2.45) is 0 Å². The van der Waals surface area contributed by atoms with Gasteiger partial charge in [0, 0.05) is 38.2 Å². The van der Waals surface area contributed by atoms with Crippen LogP contribution in [0.4, 0.5) is 0 Å². The average molecular weight is 731 g/mol. The highest BCUT2D eigenvalue weighted by Gasteiger charge is 2.21. The van der Waals surface area contributed by atoms with Crippen LogP contribution in [-0.4, -0.2) is 19.5 Å². The van der Waals surface area contributed by atoms with Gasteiger partial charge in [-0.1, -0.05) is 145 Å². The largest absolute Gasteiger partial charge is 0.456 e. The number of benzene rings is 8. The van der Waals surface area contributed by atoms with Crippen LogP contribution in [0.1, 0.15) is 5.56 Å². The summed E-state index contributed by atoms with van der Waals surface area (Å²) in [6, 6.07) is 65.7.